The van der Waals surface area contributed by atoms with Gasteiger partial charge in [0.1, 0.15) is 0 Å². The first kappa shape index (κ1) is 14.4. The Morgan fingerprint density at radius 3 is 2.53 bits per heavy atom. The van der Waals surface area contributed by atoms with E-state index in [2.05, 4.69) is 18.7 Å². The molecule has 1 unspecified atom stereocenters. The van der Waals surface area contributed by atoms with Gasteiger partial charge in [0.15, 0.2) is 0 Å². The fourth-order valence-electron chi connectivity index (χ4n) is 2.79. The molecule has 106 valence electrons. The number of aliphatic hydroxyl groups is 1. The first-order valence-corrected chi connectivity index (χ1v) is 7.29. The Kier molecular flexibility index (Phi) is 4.48. The molecule has 2 rings (SSSR count). The van der Waals surface area contributed by atoms with Crippen LogP contribution in [-0.4, -0.2) is 29.6 Å². The molecule has 0 bridgehead atoms. The van der Waals surface area contributed by atoms with E-state index in [1.807, 2.05) is 24.3 Å². The van der Waals surface area contributed by atoms with Crippen LogP contribution in [0.2, 0.25) is 0 Å². The van der Waals surface area contributed by atoms with Crippen LogP contribution in [0.1, 0.15) is 44.8 Å². The topological polar surface area (TPSA) is 49.5 Å². The quantitative estimate of drug-likeness (QED) is 0.820. The fraction of sp³-hybridized carbons (Fsp3) is 0.625. The number of nitrogen functional groups attached to an aromatic ring is 1. The van der Waals surface area contributed by atoms with Crippen LogP contribution in [0.4, 0.5) is 5.69 Å². The normalized spacial score (nSPS) is 21.2. The van der Waals surface area contributed by atoms with Crippen molar-refractivity contribution >= 4 is 5.69 Å². The zero-order chi connectivity index (χ0) is 13.9. The minimum Gasteiger partial charge on any atom is -0.398 e. The van der Waals surface area contributed by atoms with E-state index < -0.39 is 6.10 Å². The minimum absolute atomic E-state index is 0.479. The summed E-state index contributed by atoms with van der Waals surface area (Å²) in [5, 5.41) is 10.3. The summed E-state index contributed by atoms with van der Waals surface area (Å²) >= 11 is 0. The van der Waals surface area contributed by atoms with E-state index in [4.69, 9.17) is 5.73 Å². The molecule has 1 aromatic rings. The minimum atomic E-state index is -0.479. The summed E-state index contributed by atoms with van der Waals surface area (Å²) in [4.78, 5) is 2.36. The van der Waals surface area contributed by atoms with E-state index in [-0.39, 0.29) is 0 Å². The van der Waals surface area contributed by atoms with Crippen molar-refractivity contribution in [1.82, 2.24) is 4.90 Å². The highest BCUT2D eigenvalue weighted by Gasteiger charge is 2.29. The molecule has 0 saturated carbocycles. The van der Waals surface area contributed by atoms with Crippen molar-refractivity contribution in [2.75, 3.05) is 25.4 Å². The predicted octanol–water partition coefficient (Wildman–Crippen LogP) is 2.81. The van der Waals surface area contributed by atoms with E-state index in [1.165, 1.54) is 19.3 Å². The number of nitrogens with two attached hydrogens (primary N) is 1. The lowest BCUT2D eigenvalue weighted by atomic mass is 9.78. The molecule has 0 amide bonds. The maximum absolute atomic E-state index is 10.3. The number of aliphatic hydroxyl groups excluding tert-OH is 1. The average Bonchev–Trinajstić information content (AvgIpc) is 2.42. The van der Waals surface area contributed by atoms with Crippen LogP contribution in [0.15, 0.2) is 24.3 Å². The number of hydrogen-bond donors (Lipinski definition) is 2. The van der Waals surface area contributed by atoms with Gasteiger partial charge in [-0.05, 0) is 37.4 Å². The van der Waals surface area contributed by atoms with Crippen LogP contribution in [0.5, 0.6) is 0 Å². The summed E-state index contributed by atoms with van der Waals surface area (Å²) in [6.07, 6.45) is 3.21. The highest BCUT2D eigenvalue weighted by molar-refractivity contribution is 5.47. The van der Waals surface area contributed by atoms with Crippen molar-refractivity contribution in [2.45, 2.75) is 39.2 Å². The molecule has 1 heterocycles. The number of β-amino-alcohol motifs (C(OH)–C–C–N with tert-alkyl or cyclic N) is 1. The number of piperidine rings is 1. The largest absolute Gasteiger partial charge is 0.398 e. The number of anilines is 1. The molecule has 0 spiro atoms. The summed E-state index contributed by atoms with van der Waals surface area (Å²) in [5.74, 6) is 0. The number of nitrogens with zero attached hydrogens (tertiary/aromatic N) is 1. The fourth-order valence-corrected chi connectivity index (χ4v) is 2.79. The summed E-state index contributed by atoms with van der Waals surface area (Å²) in [6.45, 7) is 7.49. The lowest BCUT2D eigenvalue weighted by molar-refractivity contribution is 0.0629. The molecule has 0 radical (unpaired) electrons. The molecule has 3 nitrogen and oxygen atoms in total. The molecule has 1 aliphatic heterocycles. The highest BCUT2D eigenvalue weighted by Crippen LogP contribution is 2.34. The van der Waals surface area contributed by atoms with Gasteiger partial charge in [-0.15, -0.1) is 0 Å². The molecule has 3 heteroatoms. The maximum Gasteiger partial charge on any atom is 0.0936 e. The number of rotatable bonds is 4. The number of likely N-dealkylation sites (tertiary alicyclic amines) is 1. The van der Waals surface area contributed by atoms with Gasteiger partial charge in [-0.25, -0.2) is 0 Å². The number of para-hydroxylation sites is 1. The molecule has 0 aromatic heterocycles. The molecular weight excluding hydrogens is 236 g/mol. The van der Waals surface area contributed by atoms with Crippen molar-refractivity contribution in [1.29, 1.82) is 0 Å². The van der Waals surface area contributed by atoms with Crippen LogP contribution in [0, 0.1) is 5.41 Å². The van der Waals surface area contributed by atoms with Gasteiger partial charge >= 0.3 is 0 Å². The number of benzene rings is 1. The van der Waals surface area contributed by atoms with Crippen molar-refractivity contribution in [3.05, 3.63) is 29.8 Å². The monoisotopic (exact) mass is 262 g/mol. The Labute approximate surface area is 116 Å². The Morgan fingerprint density at radius 1 is 1.32 bits per heavy atom. The van der Waals surface area contributed by atoms with Gasteiger partial charge in [-0.1, -0.05) is 38.5 Å². The third-order valence-electron chi connectivity index (χ3n) is 4.70. The van der Waals surface area contributed by atoms with Crippen LogP contribution in [-0.2, 0) is 0 Å². The van der Waals surface area contributed by atoms with Gasteiger partial charge in [-0.3, -0.25) is 0 Å². The Balaban J connectivity index is 1.91. The smallest absolute Gasteiger partial charge is 0.0936 e. The van der Waals surface area contributed by atoms with Gasteiger partial charge in [0, 0.05) is 17.8 Å². The SMILES string of the molecule is CCC1(C)CCN(CC(O)c2ccccc2N)CC1. The molecule has 1 aliphatic rings. The summed E-state index contributed by atoms with van der Waals surface area (Å²) in [6, 6.07) is 7.60. The summed E-state index contributed by atoms with van der Waals surface area (Å²) < 4.78 is 0. The molecular formula is C16H26N2O. The Bertz CT molecular complexity index is 411. The van der Waals surface area contributed by atoms with Gasteiger partial charge < -0.3 is 15.7 Å². The second-order valence-corrected chi connectivity index (χ2v) is 6.11. The van der Waals surface area contributed by atoms with Crippen LogP contribution in [0.25, 0.3) is 0 Å². The van der Waals surface area contributed by atoms with Gasteiger partial charge in [0.05, 0.1) is 6.10 Å². The first-order chi connectivity index (χ1) is 9.04. The van der Waals surface area contributed by atoms with E-state index in [0.29, 0.717) is 17.6 Å². The van der Waals surface area contributed by atoms with Crippen molar-refractivity contribution in [3.8, 4) is 0 Å². The second kappa shape index (κ2) is 5.93. The third kappa shape index (κ3) is 3.48. The molecule has 3 N–H and O–H groups in total. The average molecular weight is 262 g/mol. The Morgan fingerprint density at radius 2 is 1.95 bits per heavy atom. The summed E-state index contributed by atoms with van der Waals surface area (Å²) in [7, 11) is 0. The zero-order valence-electron chi connectivity index (χ0n) is 12.1. The van der Waals surface area contributed by atoms with Crippen molar-refractivity contribution in [2.24, 2.45) is 5.41 Å². The molecule has 1 aromatic carbocycles. The van der Waals surface area contributed by atoms with Crippen molar-refractivity contribution < 1.29 is 5.11 Å². The first-order valence-electron chi connectivity index (χ1n) is 7.29. The number of hydrogen-bond acceptors (Lipinski definition) is 3. The lowest BCUT2D eigenvalue weighted by Gasteiger charge is -2.39. The van der Waals surface area contributed by atoms with Gasteiger partial charge in [0.2, 0.25) is 0 Å². The predicted molar refractivity (Wildman–Crippen MR) is 79.9 cm³/mol. The Hall–Kier alpha value is -1.06. The molecule has 0 aliphatic carbocycles. The van der Waals surface area contributed by atoms with Crippen molar-refractivity contribution in [3.63, 3.8) is 0 Å². The zero-order valence-corrected chi connectivity index (χ0v) is 12.1. The van der Waals surface area contributed by atoms with Gasteiger partial charge in [0.25, 0.3) is 0 Å². The molecule has 1 fully saturated rings. The van der Waals surface area contributed by atoms with E-state index >= 15 is 0 Å². The second-order valence-electron chi connectivity index (χ2n) is 6.11. The summed E-state index contributed by atoms with van der Waals surface area (Å²) in [5.41, 5.74) is 7.94. The molecule has 1 saturated heterocycles. The standard InChI is InChI=1S/C16H26N2O/c1-3-16(2)8-10-18(11-9-16)12-15(19)13-6-4-5-7-14(13)17/h4-7,15,19H,3,8-12,17H2,1-2H3. The molecule has 19 heavy (non-hydrogen) atoms. The third-order valence-corrected chi connectivity index (χ3v) is 4.70. The van der Waals surface area contributed by atoms with E-state index in [0.717, 1.165) is 18.7 Å². The maximum atomic E-state index is 10.3. The van der Waals surface area contributed by atoms with E-state index in [1.54, 1.807) is 0 Å². The van der Waals surface area contributed by atoms with E-state index in [9.17, 15) is 5.11 Å². The highest BCUT2D eigenvalue weighted by atomic mass is 16.3. The van der Waals surface area contributed by atoms with Crippen LogP contribution in [0.3, 0.4) is 0 Å². The van der Waals surface area contributed by atoms with Gasteiger partial charge in [-0.2, -0.15) is 0 Å². The molecule has 1 atom stereocenters. The van der Waals surface area contributed by atoms with Crippen LogP contribution < -0.4 is 5.73 Å². The van der Waals surface area contributed by atoms with Crippen LogP contribution >= 0.6 is 0 Å². The lowest BCUT2D eigenvalue weighted by Crippen LogP contribution is -2.40.